The lowest BCUT2D eigenvalue weighted by Crippen LogP contribution is -2.74. The summed E-state index contributed by atoms with van der Waals surface area (Å²) in [5.74, 6) is 0.140. The van der Waals surface area contributed by atoms with Gasteiger partial charge in [0.25, 0.3) is 5.91 Å². The van der Waals surface area contributed by atoms with E-state index < -0.39 is 23.4 Å². The first-order valence-electron chi connectivity index (χ1n) is 22.8. The van der Waals surface area contributed by atoms with Gasteiger partial charge in [0.2, 0.25) is 17.7 Å². The monoisotopic (exact) mass is 954 g/mol. The number of unbranched alkanes of at least 4 members (excludes halogenated alkanes) is 1. The molecule has 3 N–H and O–H groups in total. The van der Waals surface area contributed by atoms with Gasteiger partial charge in [-0.3, -0.25) is 24.2 Å². The summed E-state index contributed by atoms with van der Waals surface area (Å²) in [6.07, 6.45) is 4.37. The summed E-state index contributed by atoms with van der Waals surface area (Å²) in [5.41, 5.74) is 3.35. The minimum absolute atomic E-state index is 0.160. The molecular formula is C51H63ClN6O8S. The van der Waals surface area contributed by atoms with Gasteiger partial charge in [-0.1, -0.05) is 84.3 Å². The van der Waals surface area contributed by atoms with Gasteiger partial charge in [-0.25, -0.2) is 0 Å². The first-order chi connectivity index (χ1) is 31.9. The van der Waals surface area contributed by atoms with Crippen molar-refractivity contribution in [1.29, 1.82) is 5.26 Å². The first-order valence-corrected chi connectivity index (χ1v) is 24.1. The van der Waals surface area contributed by atoms with Crippen LogP contribution in [0.15, 0.2) is 78.4 Å². The number of nitrogens with zero attached hydrogens (tertiary/aromatic N) is 3. The summed E-state index contributed by atoms with van der Waals surface area (Å²) in [6.45, 7) is 15.9. The molecule has 1 aromatic heterocycles. The minimum atomic E-state index is -0.844. The number of amides is 4. The molecule has 2 aliphatic rings. The van der Waals surface area contributed by atoms with Gasteiger partial charge in [0.05, 0.1) is 40.8 Å². The summed E-state index contributed by atoms with van der Waals surface area (Å²) in [6, 6.07) is 20.5. The molecule has 0 bridgehead atoms. The second kappa shape index (κ2) is 22.5. The van der Waals surface area contributed by atoms with Crippen LogP contribution in [0.25, 0.3) is 10.4 Å². The maximum absolute atomic E-state index is 13.9. The van der Waals surface area contributed by atoms with Crippen LogP contribution in [0.2, 0.25) is 5.02 Å². The number of carbonyl (C=O) groups is 4. The molecule has 67 heavy (non-hydrogen) atoms. The van der Waals surface area contributed by atoms with Gasteiger partial charge in [0, 0.05) is 54.4 Å². The molecule has 0 spiro atoms. The molecule has 2 fully saturated rings. The third-order valence-electron chi connectivity index (χ3n) is 12.5. The quantitative estimate of drug-likeness (QED) is 0.0693. The van der Waals surface area contributed by atoms with Crippen LogP contribution in [0.5, 0.6) is 11.5 Å². The van der Waals surface area contributed by atoms with Gasteiger partial charge < -0.3 is 39.8 Å². The highest BCUT2D eigenvalue weighted by atomic mass is 35.5. The summed E-state index contributed by atoms with van der Waals surface area (Å²) in [5, 5.41) is 18.6. The molecule has 1 aliphatic heterocycles. The van der Waals surface area contributed by atoms with Crippen LogP contribution < -0.4 is 25.4 Å². The Morgan fingerprint density at radius 3 is 2.27 bits per heavy atom. The van der Waals surface area contributed by atoms with Crippen LogP contribution in [0, 0.1) is 27.6 Å². The Morgan fingerprint density at radius 1 is 0.925 bits per heavy atom. The molecule has 358 valence electrons. The molecule has 0 radical (unpaired) electrons. The average molecular weight is 956 g/mol. The number of hydrogen-bond donors (Lipinski definition) is 3. The second-order valence-electron chi connectivity index (χ2n) is 19.4. The molecular weight excluding hydrogens is 892 g/mol. The zero-order chi connectivity index (χ0) is 48.4. The topological polar surface area (TPSA) is 181 Å². The number of likely N-dealkylation sites (tertiary alicyclic amines) is 1. The van der Waals surface area contributed by atoms with Crippen molar-refractivity contribution in [3.63, 3.8) is 0 Å². The van der Waals surface area contributed by atoms with E-state index in [1.165, 1.54) is 0 Å². The lowest BCUT2D eigenvalue weighted by molar-refractivity contribution is -0.164. The van der Waals surface area contributed by atoms with E-state index in [-0.39, 0.29) is 53.9 Å². The summed E-state index contributed by atoms with van der Waals surface area (Å²) < 4.78 is 23.5. The third kappa shape index (κ3) is 12.9. The maximum atomic E-state index is 13.9. The Bertz CT molecular complexity index is 2350. The van der Waals surface area contributed by atoms with E-state index in [4.69, 9.17) is 30.5 Å². The number of nitriles is 1. The van der Waals surface area contributed by atoms with Gasteiger partial charge in [-0.15, -0.1) is 11.3 Å². The van der Waals surface area contributed by atoms with Crippen LogP contribution >= 0.6 is 22.9 Å². The fraction of sp³-hybridized carbons (Fsp3) is 0.490. The molecule has 4 amide bonds. The minimum Gasteiger partial charge on any atom is -0.494 e. The number of thiazole rings is 1. The molecule has 1 saturated carbocycles. The van der Waals surface area contributed by atoms with E-state index in [2.05, 4.69) is 54.7 Å². The summed E-state index contributed by atoms with van der Waals surface area (Å²) in [4.78, 5) is 60.3. The summed E-state index contributed by atoms with van der Waals surface area (Å²) >= 11 is 7.80. The van der Waals surface area contributed by atoms with Crippen LogP contribution in [0.1, 0.15) is 95.6 Å². The second-order valence-corrected chi connectivity index (χ2v) is 20.7. The van der Waals surface area contributed by atoms with Gasteiger partial charge in [-0.05, 0) is 78.6 Å². The molecule has 6 rings (SSSR count). The van der Waals surface area contributed by atoms with Crippen LogP contribution in [0.3, 0.4) is 0 Å². The van der Waals surface area contributed by atoms with E-state index in [9.17, 15) is 24.4 Å². The van der Waals surface area contributed by atoms with Gasteiger partial charge in [0.1, 0.15) is 42.4 Å². The number of carbonyl (C=O) groups excluding carboxylic acids is 4. The van der Waals surface area contributed by atoms with Gasteiger partial charge >= 0.3 is 0 Å². The fourth-order valence-corrected chi connectivity index (χ4v) is 10.0. The van der Waals surface area contributed by atoms with Crippen LogP contribution in [-0.4, -0.2) is 97.3 Å². The van der Waals surface area contributed by atoms with Crippen molar-refractivity contribution in [2.24, 2.45) is 16.2 Å². The lowest BCUT2D eigenvalue weighted by atomic mass is 9.49. The molecule has 2 atom stereocenters. The molecule has 14 nitrogen and oxygen atoms in total. The largest absolute Gasteiger partial charge is 0.494 e. The number of halogens is 1. The standard InChI is InChI=1S/C51H63ClN6O8S/c1-49(2,3)43(46(62)58-22-10-11-40(58)45(61)55-29-33-12-14-34(15-13-33)41-30-54-32-67-41)56-42(59)31-64-26-25-63-23-8-9-24-65-37-19-16-35(17-20-37)44(60)57-47-50(4,5)48(51(47,6)7)66-38-21-18-36(28-53)39(52)27-38/h12-21,27,30,32,40,43,47-48H,8-11,22-26,29,31H2,1-7H3,(H,55,61)(H,56,59)(H,57,60)/t40-,43+,47?,48?/m0/s1. The van der Waals surface area contributed by atoms with Crippen molar-refractivity contribution in [3.8, 4) is 28.0 Å². The smallest absolute Gasteiger partial charge is 0.251 e. The van der Waals surface area contributed by atoms with E-state index in [1.54, 1.807) is 64.2 Å². The zero-order valence-corrected chi connectivity index (χ0v) is 41.1. The van der Waals surface area contributed by atoms with E-state index in [1.807, 2.05) is 51.2 Å². The Labute approximate surface area is 403 Å². The van der Waals surface area contributed by atoms with Gasteiger partial charge in [-0.2, -0.15) is 5.26 Å². The van der Waals surface area contributed by atoms with Crippen molar-refractivity contribution in [1.82, 2.24) is 25.8 Å². The van der Waals surface area contributed by atoms with Crippen molar-refractivity contribution in [2.75, 3.05) is 39.6 Å². The highest BCUT2D eigenvalue weighted by Gasteiger charge is 2.64. The zero-order valence-electron chi connectivity index (χ0n) is 39.5. The van der Waals surface area contributed by atoms with E-state index >= 15 is 0 Å². The fourth-order valence-electron chi connectivity index (χ4n) is 9.17. The Kier molecular flexibility index (Phi) is 17.1. The molecule has 0 unspecified atom stereocenters. The first kappa shape index (κ1) is 50.9. The molecule has 3 aromatic carbocycles. The van der Waals surface area contributed by atoms with Crippen molar-refractivity contribution in [2.45, 2.75) is 105 Å². The SMILES string of the molecule is CC1(C)C(NC(=O)c2ccc(OCCCCOCCOCC(=O)N[C@H](C(=O)N3CCC[C@H]3C(=O)NCc3ccc(-c4cncs4)cc3)C(C)(C)C)cc2)C(C)(C)C1Oc1ccc(C#N)c(Cl)c1. The third-order valence-corrected chi connectivity index (χ3v) is 13.6. The number of nitrogens with one attached hydrogen (secondary N) is 3. The molecule has 1 saturated heterocycles. The van der Waals surface area contributed by atoms with Crippen LogP contribution in [0.4, 0.5) is 0 Å². The summed E-state index contributed by atoms with van der Waals surface area (Å²) in [7, 11) is 0. The van der Waals surface area contributed by atoms with Crippen molar-refractivity contribution in [3.05, 3.63) is 100 Å². The highest BCUT2D eigenvalue weighted by Crippen LogP contribution is 2.55. The molecule has 2 heterocycles. The number of hydrogen-bond acceptors (Lipinski definition) is 11. The highest BCUT2D eigenvalue weighted by molar-refractivity contribution is 7.13. The average Bonchev–Trinajstić information content (AvgIpc) is 4.03. The van der Waals surface area contributed by atoms with E-state index in [0.29, 0.717) is 73.4 Å². The predicted molar refractivity (Wildman–Crippen MR) is 258 cm³/mol. The number of benzene rings is 3. The Balaban J connectivity index is 0.833. The lowest BCUT2D eigenvalue weighted by Gasteiger charge is -2.63. The molecule has 4 aromatic rings. The molecule has 1 aliphatic carbocycles. The van der Waals surface area contributed by atoms with Gasteiger partial charge in [0.15, 0.2) is 0 Å². The number of aromatic nitrogens is 1. The normalized spacial score (nSPS) is 18.8. The maximum Gasteiger partial charge on any atom is 0.251 e. The number of ether oxygens (including phenoxy) is 4. The number of rotatable bonds is 21. The van der Waals surface area contributed by atoms with Crippen molar-refractivity contribution < 1.29 is 38.1 Å². The Morgan fingerprint density at radius 2 is 1.61 bits per heavy atom. The predicted octanol–water partition coefficient (Wildman–Crippen LogP) is 7.98. The van der Waals surface area contributed by atoms with Crippen molar-refractivity contribution >= 4 is 46.6 Å². The molecule has 16 heteroatoms. The van der Waals surface area contributed by atoms with Crippen LogP contribution in [-0.2, 0) is 30.4 Å². The Hall–Kier alpha value is -5.53. The van der Waals surface area contributed by atoms with E-state index in [0.717, 1.165) is 28.8 Å².